The second-order valence-corrected chi connectivity index (χ2v) is 3.12. The Labute approximate surface area is 52.5 Å². The Morgan fingerprint density at radius 3 is 2.44 bits per heavy atom. The molecule has 0 aliphatic carbocycles. The summed E-state index contributed by atoms with van der Waals surface area (Å²) in [6.45, 7) is 0. The van der Waals surface area contributed by atoms with E-state index in [1.165, 1.54) is 12.3 Å². The Morgan fingerprint density at radius 2 is 2.22 bits per heavy atom. The molecule has 0 amide bonds. The summed E-state index contributed by atoms with van der Waals surface area (Å²) in [5.74, 6) is 0. The number of hydrazine groups is 1. The minimum atomic E-state index is -3.96. The minimum absolute atomic E-state index is 1.00. The van der Waals surface area contributed by atoms with Crippen molar-refractivity contribution < 1.29 is 13.0 Å². The van der Waals surface area contributed by atoms with Crippen LogP contribution in [0, 0.1) is 0 Å². The number of hydrogen-bond acceptors (Lipinski definition) is 4. The highest BCUT2D eigenvalue weighted by atomic mass is 32.2. The zero-order chi connectivity index (χ0) is 6.91. The normalized spacial score (nSPS) is 26.1. The highest BCUT2D eigenvalue weighted by molar-refractivity contribution is 7.86. The molecule has 0 aromatic rings. The molecule has 0 aromatic carbocycles. The van der Waals surface area contributed by atoms with E-state index >= 15 is 0 Å². The van der Waals surface area contributed by atoms with Crippen LogP contribution >= 0.6 is 0 Å². The standard InChI is InChI=1S/C3H6N2O3S/c6-9(7,8)3-1-2-4-5-3/h1-5H,(H,6,7,8). The van der Waals surface area contributed by atoms with Gasteiger partial charge in [0.05, 0.1) is 0 Å². The van der Waals surface area contributed by atoms with Crippen LogP contribution in [-0.2, 0) is 10.1 Å². The average Bonchev–Trinajstić information content (AvgIpc) is 2.08. The molecule has 0 radical (unpaired) electrons. The quantitative estimate of drug-likeness (QED) is 0.410. The first-order valence-electron chi connectivity index (χ1n) is 2.25. The van der Waals surface area contributed by atoms with E-state index in [0.29, 0.717) is 0 Å². The van der Waals surface area contributed by atoms with Gasteiger partial charge in [0.15, 0.2) is 5.37 Å². The zero-order valence-corrected chi connectivity index (χ0v) is 5.22. The fourth-order valence-electron chi connectivity index (χ4n) is 0.488. The number of nitrogens with one attached hydrogen (secondary N) is 2. The van der Waals surface area contributed by atoms with Gasteiger partial charge in [-0.3, -0.25) is 4.55 Å². The second kappa shape index (κ2) is 1.98. The molecule has 0 saturated heterocycles. The summed E-state index contributed by atoms with van der Waals surface area (Å²) in [7, 11) is -3.96. The van der Waals surface area contributed by atoms with Gasteiger partial charge in [0, 0.05) is 6.20 Å². The average molecular weight is 150 g/mol. The van der Waals surface area contributed by atoms with E-state index < -0.39 is 15.5 Å². The van der Waals surface area contributed by atoms with Crippen molar-refractivity contribution in [2.24, 2.45) is 0 Å². The van der Waals surface area contributed by atoms with Crippen molar-refractivity contribution >= 4 is 10.1 Å². The van der Waals surface area contributed by atoms with Crippen LogP contribution in [0.2, 0.25) is 0 Å². The largest absolute Gasteiger partial charge is 0.327 e. The lowest BCUT2D eigenvalue weighted by Crippen LogP contribution is -2.36. The molecule has 1 aliphatic rings. The predicted octanol–water partition coefficient (Wildman–Crippen LogP) is -1.18. The molecule has 3 N–H and O–H groups in total. The summed E-state index contributed by atoms with van der Waals surface area (Å²) in [4.78, 5) is 0. The molecule has 9 heavy (non-hydrogen) atoms. The van der Waals surface area contributed by atoms with Gasteiger partial charge in [0.2, 0.25) is 0 Å². The Bertz CT molecular complexity index is 219. The van der Waals surface area contributed by atoms with Gasteiger partial charge in [0.25, 0.3) is 10.1 Å². The molecule has 0 saturated carbocycles. The van der Waals surface area contributed by atoms with E-state index in [-0.39, 0.29) is 0 Å². The highest BCUT2D eigenvalue weighted by Gasteiger charge is 2.21. The van der Waals surface area contributed by atoms with Crippen molar-refractivity contribution in [1.82, 2.24) is 10.9 Å². The van der Waals surface area contributed by atoms with Gasteiger partial charge in [-0.05, 0) is 6.08 Å². The lowest BCUT2D eigenvalue weighted by Gasteiger charge is -2.02. The summed E-state index contributed by atoms with van der Waals surface area (Å²) in [6, 6.07) is 0. The summed E-state index contributed by atoms with van der Waals surface area (Å²) >= 11 is 0. The summed E-state index contributed by atoms with van der Waals surface area (Å²) < 4.78 is 28.8. The molecule has 0 bridgehead atoms. The molecule has 1 unspecified atom stereocenters. The molecule has 1 heterocycles. The first kappa shape index (κ1) is 6.53. The monoisotopic (exact) mass is 150 g/mol. The van der Waals surface area contributed by atoms with Gasteiger partial charge in [-0.15, -0.1) is 0 Å². The van der Waals surface area contributed by atoms with Crippen LogP contribution in [-0.4, -0.2) is 18.3 Å². The molecular weight excluding hydrogens is 144 g/mol. The summed E-state index contributed by atoms with van der Waals surface area (Å²) in [6.07, 6.45) is 2.70. The molecule has 0 aromatic heterocycles. The molecule has 1 rings (SSSR count). The fourth-order valence-corrected chi connectivity index (χ4v) is 0.982. The van der Waals surface area contributed by atoms with E-state index in [4.69, 9.17) is 4.55 Å². The maximum Gasteiger partial charge on any atom is 0.286 e. The van der Waals surface area contributed by atoms with Crippen LogP contribution in [0.4, 0.5) is 0 Å². The van der Waals surface area contributed by atoms with Gasteiger partial charge in [-0.2, -0.15) is 8.42 Å². The topological polar surface area (TPSA) is 78.4 Å². The van der Waals surface area contributed by atoms with E-state index in [9.17, 15) is 8.42 Å². The van der Waals surface area contributed by atoms with Crippen LogP contribution in [0.1, 0.15) is 0 Å². The molecule has 52 valence electrons. The van der Waals surface area contributed by atoms with Crippen LogP contribution < -0.4 is 10.9 Å². The highest BCUT2D eigenvalue weighted by Crippen LogP contribution is 1.97. The number of rotatable bonds is 1. The second-order valence-electron chi connectivity index (χ2n) is 1.58. The molecule has 1 aliphatic heterocycles. The molecule has 0 spiro atoms. The third kappa shape index (κ3) is 1.41. The molecular formula is C3H6N2O3S. The van der Waals surface area contributed by atoms with E-state index in [0.717, 1.165) is 0 Å². The minimum Gasteiger partial charge on any atom is -0.327 e. The van der Waals surface area contributed by atoms with Crippen LogP contribution in [0.3, 0.4) is 0 Å². The maximum atomic E-state index is 10.2. The van der Waals surface area contributed by atoms with E-state index in [1.807, 2.05) is 0 Å². The van der Waals surface area contributed by atoms with Crippen molar-refractivity contribution in [2.75, 3.05) is 0 Å². The van der Waals surface area contributed by atoms with Crippen molar-refractivity contribution in [3.8, 4) is 0 Å². The first-order valence-corrected chi connectivity index (χ1v) is 3.75. The van der Waals surface area contributed by atoms with Gasteiger partial charge in [-0.25, -0.2) is 5.43 Å². The lowest BCUT2D eigenvalue weighted by molar-refractivity contribution is 0.463. The zero-order valence-electron chi connectivity index (χ0n) is 4.40. The van der Waals surface area contributed by atoms with Crippen molar-refractivity contribution in [3.63, 3.8) is 0 Å². The van der Waals surface area contributed by atoms with Crippen LogP contribution in [0.15, 0.2) is 12.3 Å². The van der Waals surface area contributed by atoms with E-state index in [1.54, 1.807) is 0 Å². The summed E-state index contributed by atoms with van der Waals surface area (Å²) in [5, 5.41) is -1.00. The molecule has 0 fully saturated rings. The third-order valence-electron chi connectivity index (χ3n) is 0.901. The van der Waals surface area contributed by atoms with Gasteiger partial charge in [0.1, 0.15) is 0 Å². The van der Waals surface area contributed by atoms with Crippen LogP contribution in [0.25, 0.3) is 0 Å². The van der Waals surface area contributed by atoms with Gasteiger partial charge in [-0.1, -0.05) is 0 Å². The van der Waals surface area contributed by atoms with E-state index in [2.05, 4.69) is 10.9 Å². The smallest absolute Gasteiger partial charge is 0.286 e. The van der Waals surface area contributed by atoms with Gasteiger partial charge < -0.3 is 5.43 Å². The SMILES string of the molecule is O=S(=O)(O)C1C=CNN1. The first-order chi connectivity index (χ1) is 4.11. The Balaban J connectivity index is 2.76. The Hall–Kier alpha value is -0.590. The summed E-state index contributed by atoms with van der Waals surface area (Å²) in [5.41, 5.74) is 4.71. The lowest BCUT2D eigenvalue weighted by atomic mass is 10.6. The fraction of sp³-hybridized carbons (Fsp3) is 0.333. The molecule has 5 nitrogen and oxygen atoms in total. The Kier molecular flexibility index (Phi) is 1.43. The molecule has 6 heteroatoms. The van der Waals surface area contributed by atoms with Crippen LogP contribution in [0.5, 0.6) is 0 Å². The van der Waals surface area contributed by atoms with Crippen molar-refractivity contribution in [1.29, 1.82) is 0 Å². The molecule has 1 atom stereocenters. The maximum absolute atomic E-state index is 10.2. The Morgan fingerprint density at radius 1 is 1.56 bits per heavy atom. The van der Waals surface area contributed by atoms with Crippen molar-refractivity contribution in [2.45, 2.75) is 5.37 Å². The third-order valence-corrected chi connectivity index (χ3v) is 1.82. The van der Waals surface area contributed by atoms with Crippen molar-refractivity contribution in [3.05, 3.63) is 12.3 Å². The van der Waals surface area contributed by atoms with Gasteiger partial charge >= 0.3 is 0 Å². The predicted molar refractivity (Wildman–Crippen MR) is 30.7 cm³/mol. The number of hydrogen-bond donors (Lipinski definition) is 3.